The van der Waals surface area contributed by atoms with Crippen molar-refractivity contribution in [2.24, 2.45) is 0 Å². The lowest BCUT2D eigenvalue weighted by atomic mass is 10.1. The molecule has 5 heteroatoms. The summed E-state index contributed by atoms with van der Waals surface area (Å²) in [6.45, 7) is 0. The van der Waals surface area contributed by atoms with Gasteiger partial charge in [-0.3, -0.25) is 5.10 Å². The van der Waals surface area contributed by atoms with Gasteiger partial charge in [-0.1, -0.05) is 30.3 Å². The van der Waals surface area contributed by atoms with Crippen LogP contribution in [0.1, 0.15) is 10.5 Å². The summed E-state index contributed by atoms with van der Waals surface area (Å²) in [6, 6.07) is 9.58. The molecule has 2 rings (SSSR count). The maximum atomic E-state index is 11.4. The van der Waals surface area contributed by atoms with Gasteiger partial charge in [-0.15, -0.1) is 0 Å². The Morgan fingerprint density at radius 3 is 2.69 bits per heavy atom. The normalized spacial score (nSPS) is 10.1. The number of carbonyl (C=O) groups is 1. The number of hydrogen-bond donors (Lipinski definition) is 1. The van der Waals surface area contributed by atoms with Gasteiger partial charge in [-0.25, -0.2) is 4.79 Å². The van der Waals surface area contributed by atoms with E-state index in [-0.39, 0.29) is 0 Å². The van der Waals surface area contributed by atoms with Gasteiger partial charge in [0.25, 0.3) is 0 Å². The van der Waals surface area contributed by atoms with Crippen LogP contribution in [0, 0.1) is 0 Å². The van der Waals surface area contributed by atoms with E-state index in [9.17, 15) is 4.79 Å². The van der Waals surface area contributed by atoms with Crippen LogP contribution in [0.2, 0.25) is 0 Å². The highest BCUT2D eigenvalue weighted by Crippen LogP contribution is 2.28. The minimum atomic E-state index is -0.443. The van der Waals surface area contributed by atoms with E-state index in [1.165, 1.54) is 7.11 Å². The number of nitrogens with one attached hydrogen (secondary N) is 1. The van der Waals surface area contributed by atoms with Crippen molar-refractivity contribution in [3.8, 4) is 11.3 Å². The topological polar surface area (TPSA) is 55.0 Å². The van der Waals surface area contributed by atoms with Crippen LogP contribution < -0.4 is 0 Å². The zero-order valence-electron chi connectivity index (χ0n) is 8.53. The molecule has 0 unspecified atom stereocenters. The molecule has 4 nitrogen and oxygen atoms in total. The van der Waals surface area contributed by atoms with E-state index in [4.69, 9.17) is 0 Å². The molecule has 0 saturated heterocycles. The van der Waals surface area contributed by atoms with Gasteiger partial charge in [0.05, 0.1) is 11.6 Å². The molecule has 0 aliphatic carbocycles. The summed E-state index contributed by atoms with van der Waals surface area (Å²) in [4.78, 5) is 11.4. The second kappa shape index (κ2) is 4.49. The van der Waals surface area contributed by atoms with Crippen molar-refractivity contribution in [2.75, 3.05) is 7.11 Å². The second-order valence-electron chi connectivity index (χ2n) is 3.12. The van der Waals surface area contributed by atoms with Crippen LogP contribution in [0.25, 0.3) is 11.3 Å². The van der Waals surface area contributed by atoms with Crippen LogP contribution in [0.15, 0.2) is 34.8 Å². The minimum Gasteiger partial charge on any atom is -0.464 e. The van der Waals surface area contributed by atoms with E-state index in [2.05, 4.69) is 30.9 Å². The quantitative estimate of drug-likeness (QED) is 0.861. The smallest absolute Gasteiger partial charge is 0.357 e. The molecule has 0 aliphatic rings. The number of aromatic amines is 1. The van der Waals surface area contributed by atoms with Gasteiger partial charge in [-0.2, -0.15) is 5.10 Å². The number of halogens is 1. The fourth-order valence-electron chi connectivity index (χ4n) is 1.35. The summed E-state index contributed by atoms with van der Waals surface area (Å²) in [6.07, 6.45) is 0. The fourth-order valence-corrected chi connectivity index (χ4v) is 1.92. The highest BCUT2D eigenvalue weighted by Gasteiger charge is 2.18. The van der Waals surface area contributed by atoms with Crippen LogP contribution in [-0.4, -0.2) is 23.3 Å². The zero-order valence-corrected chi connectivity index (χ0v) is 10.1. The molecule has 0 radical (unpaired) electrons. The maximum absolute atomic E-state index is 11.4. The highest BCUT2D eigenvalue weighted by molar-refractivity contribution is 9.10. The third kappa shape index (κ3) is 1.86. The molecule has 0 spiro atoms. The monoisotopic (exact) mass is 280 g/mol. The van der Waals surface area contributed by atoms with Crippen molar-refractivity contribution in [2.45, 2.75) is 0 Å². The van der Waals surface area contributed by atoms with Crippen LogP contribution in [0.3, 0.4) is 0 Å². The third-order valence-electron chi connectivity index (χ3n) is 2.14. The lowest BCUT2D eigenvalue weighted by Crippen LogP contribution is -2.02. The van der Waals surface area contributed by atoms with E-state index in [1.807, 2.05) is 30.3 Å². The number of carbonyl (C=O) groups excluding carboxylic acids is 1. The molecule has 1 N–H and O–H groups in total. The van der Waals surface area contributed by atoms with Gasteiger partial charge in [0.1, 0.15) is 5.69 Å². The number of H-pyrrole nitrogens is 1. The predicted molar refractivity (Wildman–Crippen MR) is 63.1 cm³/mol. The van der Waals surface area contributed by atoms with Crippen molar-refractivity contribution >= 4 is 21.9 Å². The molecular weight excluding hydrogens is 272 g/mol. The third-order valence-corrected chi connectivity index (χ3v) is 2.92. The van der Waals surface area contributed by atoms with E-state index < -0.39 is 5.97 Å². The van der Waals surface area contributed by atoms with Crippen LogP contribution >= 0.6 is 15.9 Å². The first-order valence-electron chi connectivity index (χ1n) is 4.61. The van der Waals surface area contributed by atoms with Crippen molar-refractivity contribution in [3.05, 3.63) is 40.5 Å². The summed E-state index contributed by atoms with van der Waals surface area (Å²) >= 11 is 3.33. The van der Waals surface area contributed by atoms with Gasteiger partial charge in [0, 0.05) is 5.56 Å². The first-order chi connectivity index (χ1) is 7.74. The Morgan fingerprint density at radius 2 is 2.06 bits per heavy atom. The molecule has 0 aliphatic heterocycles. The largest absolute Gasteiger partial charge is 0.464 e. The molecule has 0 amide bonds. The van der Waals surface area contributed by atoms with Crippen LogP contribution in [0.5, 0.6) is 0 Å². The number of hydrogen-bond acceptors (Lipinski definition) is 3. The molecule has 0 fully saturated rings. The minimum absolute atomic E-state index is 0.321. The number of methoxy groups -OCH3 is 1. The average Bonchev–Trinajstić information content (AvgIpc) is 2.71. The van der Waals surface area contributed by atoms with Gasteiger partial charge in [-0.05, 0) is 15.9 Å². The number of benzene rings is 1. The molecule has 1 aromatic heterocycles. The van der Waals surface area contributed by atoms with Crippen LogP contribution in [-0.2, 0) is 4.74 Å². The predicted octanol–water partition coefficient (Wildman–Crippen LogP) is 2.63. The van der Waals surface area contributed by atoms with Crippen molar-refractivity contribution in [3.63, 3.8) is 0 Å². The summed E-state index contributed by atoms with van der Waals surface area (Å²) < 4.78 is 5.24. The van der Waals surface area contributed by atoms with E-state index in [0.29, 0.717) is 15.9 Å². The first kappa shape index (κ1) is 10.9. The zero-order chi connectivity index (χ0) is 11.5. The van der Waals surface area contributed by atoms with Gasteiger partial charge in [0.2, 0.25) is 0 Å². The summed E-state index contributed by atoms with van der Waals surface area (Å²) in [5.74, 6) is -0.443. The van der Waals surface area contributed by atoms with Gasteiger partial charge in [0.15, 0.2) is 5.69 Å². The first-order valence-corrected chi connectivity index (χ1v) is 5.41. The number of esters is 1. The molecule has 0 saturated carbocycles. The molecule has 16 heavy (non-hydrogen) atoms. The Labute approximate surface area is 101 Å². The Kier molecular flexibility index (Phi) is 3.05. The van der Waals surface area contributed by atoms with Crippen LogP contribution in [0.4, 0.5) is 0 Å². The Hall–Kier alpha value is -1.62. The highest BCUT2D eigenvalue weighted by atomic mass is 79.9. The SMILES string of the molecule is COC(=O)c1[nH]nc(-c2ccccc2)c1Br. The van der Waals surface area contributed by atoms with E-state index in [0.717, 1.165) is 5.56 Å². The molecular formula is C11H9BrN2O2. The maximum Gasteiger partial charge on any atom is 0.357 e. The molecule has 1 aromatic carbocycles. The van der Waals surface area contributed by atoms with Crippen molar-refractivity contribution < 1.29 is 9.53 Å². The molecule has 2 aromatic rings. The number of nitrogens with zero attached hydrogens (tertiary/aromatic N) is 1. The van der Waals surface area contributed by atoms with Crippen molar-refractivity contribution in [1.29, 1.82) is 0 Å². The Balaban J connectivity index is 2.45. The lowest BCUT2D eigenvalue weighted by molar-refractivity contribution is 0.0593. The van der Waals surface area contributed by atoms with Gasteiger partial charge >= 0.3 is 5.97 Å². The summed E-state index contributed by atoms with van der Waals surface area (Å²) in [7, 11) is 1.33. The Bertz CT molecular complexity index is 508. The lowest BCUT2D eigenvalue weighted by Gasteiger charge is -1.97. The van der Waals surface area contributed by atoms with E-state index >= 15 is 0 Å². The Morgan fingerprint density at radius 1 is 1.38 bits per heavy atom. The average molecular weight is 281 g/mol. The summed E-state index contributed by atoms with van der Waals surface area (Å²) in [5, 5.41) is 6.73. The second-order valence-corrected chi connectivity index (χ2v) is 3.91. The fraction of sp³-hybridized carbons (Fsp3) is 0.0909. The number of ether oxygens (including phenoxy) is 1. The standard InChI is InChI=1S/C11H9BrN2O2/c1-16-11(15)10-8(12)9(13-14-10)7-5-3-2-4-6-7/h2-6H,1H3,(H,13,14). The van der Waals surface area contributed by atoms with Crippen molar-refractivity contribution in [1.82, 2.24) is 10.2 Å². The molecule has 1 heterocycles. The molecule has 0 atom stereocenters. The van der Waals surface area contributed by atoms with E-state index in [1.54, 1.807) is 0 Å². The number of aromatic nitrogens is 2. The number of rotatable bonds is 2. The van der Waals surface area contributed by atoms with Gasteiger partial charge < -0.3 is 4.74 Å². The molecule has 82 valence electrons. The molecule has 0 bridgehead atoms. The summed E-state index contributed by atoms with van der Waals surface area (Å²) in [5.41, 5.74) is 1.95.